The van der Waals surface area contributed by atoms with Crippen LogP contribution in [0.15, 0.2) is 79.0 Å². The van der Waals surface area contributed by atoms with Gasteiger partial charge in [0.25, 0.3) is 0 Å². The van der Waals surface area contributed by atoms with Crippen LogP contribution in [0.2, 0.25) is 0 Å². The summed E-state index contributed by atoms with van der Waals surface area (Å²) in [6.07, 6.45) is 1.80. The van der Waals surface area contributed by atoms with Gasteiger partial charge in [-0.05, 0) is 13.0 Å². The van der Waals surface area contributed by atoms with Crippen LogP contribution >= 0.6 is 0 Å². The van der Waals surface area contributed by atoms with Crippen molar-refractivity contribution in [3.05, 3.63) is 84.7 Å². The minimum absolute atomic E-state index is 0.631. The number of aryl methyl sites for hydroxylation is 1. The standard InChI is InChI=1S/C21H16N5/c1-15-12-13-22-21-25-19(17-10-6-3-7-11-17)14-18(16-8-4-2-5-9-16)23-20(25)24-26(15)21/h2-14H,1H3/q+1. The van der Waals surface area contributed by atoms with E-state index in [0.717, 1.165) is 34.0 Å². The highest BCUT2D eigenvalue weighted by molar-refractivity contribution is 5.67. The van der Waals surface area contributed by atoms with Crippen LogP contribution in [-0.2, 0) is 0 Å². The molecule has 0 bridgehead atoms. The number of hydrogen-bond acceptors (Lipinski definition) is 3. The molecule has 5 nitrogen and oxygen atoms in total. The van der Waals surface area contributed by atoms with Crippen LogP contribution in [0.1, 0.15) is 5.69 Å². The monoisotopic (exact) mass is 338 g/mol. The Morgan fingerprint density at radius 2 is 1.54 bits per heavy atom. The third-order valence-corrected chi connectivity index (χ3v) is 4.49. The quantitative estimate of drug-likeness (QED) is 0.463. The van der Waals surface area contributed by atoms with E-state index in [4.69, 9.17) is 10.1 Å². The molecule has 0 fully saturated rings. The first-order valence-corrected chi connectivity index (χ1v) is 8.49. The Balaban J connectivity index is 1.92. The van der Waals surface area contributed by atoms with Gasteiger partial charge in [0.15, 0.2) is 0 Å². The maximum absolute atomic E-state index is 4.80. The van der Waals surface area contributed by atoms with Gasteiger partial charge >= 0.3 is 11.6 Å². The van der Waals surface area contributed by atoms with Crippen molar-refractivity contribution in [1.82, 2.24) is 19.6 Å². The van der Waals surface area contributed by atoms with Gasteiger partial charge in [-0.25, -0.2) is 0 Å². The predicted molar refractivity (Wildman–Crippen MR) is 99.6 cm³/mol. The first-order valence-electron chi connectivity index (χ1n) is 8.49. The SMILES string of the molecule is Cc1ccnc2n1nc1nc(-c3ccccc3)cc(-c3ccccc3)[n+]12. The van der Waals surface area contributed by atoms with Gasteiger partial charge in [-0.2, -0.15) is 4.40 Å². The second-order valence-electron chi connectivity index (χ2n) is 6.19. The molecule has 5 heteroatoms. The first kappa shape index (κ1) is 14.7. The summed E-state index contributed by atoms with van der Waals surface area (Å²) in [5, 5.41) is 4.69. The summed E-state index contributed by atoms with van der Waals surface area (Å²) in [5.74, 6) is 1.39. The summed E-state index contributed by atoms with van der Waals surface area (Å²) in [6.45, 7) is 2.02. The summed E-state index contributed by atoms with van der Waals surface area (Å²) in [6, 6.07) is 24.5. The van der Waals surface area contributed by atoms with Gasteiger partial charge in [-0.15, -0.1) is 14.5 Å². The summed E-state index contributed by atoms with van der Waals surface area (Å²) in [7, 11) is 0. The van der Waals surface area contributed by atoms with E-state index in [2.05, 4.69) is 35.3 Å². The smallest absolute Gasteiger partial charge is 0.174 e. The Kier molecular flexibility index (Phi) is 3.25. The minimum Gasteiger partial charge on any atom is -0.174 e. The number of aromatic nitrogens is 5. The molecule has 0 spiro atoms. The van der Waals surface area contributed by atoms with E-state index < -0.39 is 0 Å². The summed E-state index contributed by atoms with van der Waals surface area (Å²) in [5.41, 5.74) is 5.09. The lowest BCUT2D eigenvalue weighted by Gasteiger charge is -2.04. The van der Waals surface area contributed by atoms with E-state index in [0.29, 0.717) is 5.78 Å². The Labute approximate surface area is 150 Å². The highest BCUT2D eigenvalue weighted by Crippen LogP contribution is 2.23. The zero-order chi connectivity index (χ0) is 17.5. The van der Waals surface area contributed by atoms with Crippen molar-refractivity contribution >= 4 is 11.6 Å². The summed E-state index contributed by atoms with van der Waals surface area (Å²) >= 11 is 0. The average Bonchev–Trinajstić information content (AvgIpc) is 3.09. The van der Waals surface area contributed by atoms with E-state index >= 15 is 0 Å². The minimum atomic E-state index is 0.631. The molecule has 124 valence electrons. The van der Waals surface area contributed by atoms with Crippen LogP contribution < -0.4 is 4.40 Å². The number of benzene rings is 2. The lowest BCUT2D eigenvalue weighted by atomic mass is 10.1. The lowest BCUT2D eigenvalue weighted by molar-refractivity contribution is -0.475. The molecular weight excluding hydrogens is 322 g/mol. The van der Waals surface area contributed by atoms with E-state index in [1.807, 2.05) is 58.3 Å². The molecule has 0 N–H and O–H groups in total. The van der Waals surface area contributed by atoms with Crippen LogP contribution in [0, 0.1) is 6.92 Å². The fourth-order valence-corrected chi connectivity index (χ4v) is 3.19. The zero-order valence-corrected chi connectivity index (χ0v) is 14.2. The molecule has 0 saturated heterocycles. The van der Waals surface area contributed by atoms with Crippen LogP contribution in [0.4, 0.5) is 0 Å². The lowest BCUT2D eigenvalue weighted by Crippen LogP contribution is -2.26. The maximum atomic E-state index is 4.80. The molecular formula is C21H16N5+. The van der Waals surface area contributed by atoms with Gasteiger partial charge in [0, 0.05) is 22.3 Å². The third-order valence-electron chi connectivity index (χ3n) is 4.49. The van der Waals surface area contributed by atoms with E-state index in [1.54, 1.807) is 6.20 Å². The van der Waals surface area contributed by atoms with E-state index in [9.17, 15) is 0 Å². The van der Waals surface area contributed by atoms with Crippen molar-refractivity contribution in [3.63, 3.8) is 0 Å². The number of rotatable bonds is 2. The Morgan fingerprint density at radius 3 is 2.27 bits per heavy atom. The summed E-state index contributed by atoms with van der Waals surface area (Å²) < 4.78 is 3.85. The largest absolute Gasteiger partial charge is 0.389 e. The number of fused-ring (bicyclic) bond motifs is 3. The molecule has 0 aliphatic rings. The second kappa shape index (κ2) is 5.74. The van der Waals surface area contributed by atoms with Gasteiger partial charge in [-0.3, -0.25) is 0 Å². The molecule has 0 radical (unpaired) electrons. The topological polar surface area (TPSA) is 47.2 Å². The molecule has 5 rings (SSSR count). The van der Waals surface area contributed by atoms with Gasteiger partial charge in [-0.1, -0.05) is 60.7 Å². The van der Waals surface area contributed by atoms with Crippen molar-refractivity contribution in [2.24, 2.45) is 0 Å². The number of nitrogens with zero attached hydrogens (tertiary/aromatic N) is 5. The van der Waals surface area contributed by atoms with Crippen LogP contribution in [-0.4, -0.2) is 19.6 Å². The van der Waals surface area contributed by atoms with Gasteiger partial charge in [0.05, 0.1) is 17.6 Å². The normalized spacial score (nSPS) is 11.3. The van der Waals surface area contributed by atoms with Gasteiger partial charge < -0.3 is 0 Å². The number of hydrogen-bond donors (Lipinski definition) is 0. The molecule has 0 unspecified atom stereocenters. The summed E-state index contributed by atoms with van der Waals surface area (Å²) in [4.78, 5) is 9.34. The van der Waals surface area contributed by atoms with E-state index in [1.165, 1.54) is 0 Å². The average molecular weight is 338 g/mol. The van der Waals surface area contributed by atoms with Gasteiger partial charge in [0.1, 0.15) is 5.69 Å². The van der Waals surface area contributed by atoms with Crippen LogP contribution in [0.25, 0.3) is 34.1 Å². The van der Waals surface area contributed by atoms with Crippen molar-refractivity contribution in [1.29, 1.82) is 0 Å². The Bertz CT molecular complexity index is 1230. The highest BCUT2D eigenvalue weighted by atomic mass is 15.4. The molecule has 3 heterocycles. The Morgan fingerprint density at radius 1 is 0.846 bits per heavy atom. The molecule has 0 aliphatic heterocycles. The molecule has 2 aromatic carbocycles. The van der Waals surface area contributed by atoms with E-state index in [-0.39, 0.29) is 0 Å². The van der Waals surface area contributed by atoms with Crippen molar-refractivity contribution in [2.45, 2.75) is 6.92 Å². The molecule has 0 atom stereocenters. The van der Waals surface area contributed by atoms with Crippen molar-refractivity contribution in [3.8, 4) is 22.5 Å². The van der Waals surface area contributed by atoms with Crippen molar-refractivity contribution < 1.29 is 4.40 Å². The van der Waals surface area contributed by atoms with Crippen molar-refractivity contribution in [2.75, 3.05) is 0 Å². The van der Waals surface area contributed by atoms with Crippen LogP contribution in [0.5, 0.6) is 0 Å². The molecule has 0 saturated carbocycles. The second-order valence-corrected chi connectivity index (χ2v) is 6.19. The predicted octanol–water partition coefficient (Wildman–Crippen LogP) is 3.51. The molecule has 5 aromatic rings. The highest BCUT2D eigenvalue weighted by Gasteiger charge is 2.22. The molecule has 0 aliphatic carbocycles. The first-order chi connectivity index (χ1) is 12.8. The molecule has 0 amide bonds. The molecule has 3 aromatic heterocycles. The zero-order valence-electron chi connectivity index (χ0n) is 14.2. The maximum Gasteiger partial charge on any atom is 0.389 e. The van der Waals surface area contributed by atoms with Crippen LogP contribution in [0.3, 0.4) is 0 Å². The van der Waals surface area contributed by atoms with Gasteiger partial charge in [0.2, 0.25) is 0 Å². The molecule has 26 heavy (non-hydrogen) atoms. The third kappa shape index (κ3) is 2.25. The Hall–Kier alpha value is -3.60. The fraction of sp³-hybridized carbons (Fsp3) is 0.0476. The fourth-order valence-electron chi connectivity index (χ4n) is 3.19.